The van der Waals surface area contributed by atoms with Gasteiger partial charge in [-0.2, -0.15) is 0 Å². The largest absolute Gasteiger partial charge is 0.351 e. The summed E-state index contributed by atoms with van der Waals surface area (Å²) in [5, 5.41) is 1.25. The molecule has 1 aromatic carbocycles. The van der Waals surface area contributed by atoms with E-state index in [0.717, 1.165) is 4.90 Å². The van der Waals surface area contributed by atoms with Crippen LogP contribution in [0.1, 0.15) is 27.7 Å². The Morgan fingerprint density at radius 3 is 2.20 bits per heavy atom. The number of aryl methyl sites for hydroxylation is 1. The SMILES string of the molecule is CC.CC.Cn1ccc2cc(S)ccc21. The third-order valence-corrected chi connectivity index (χ3v) is 2.15. The molecule has 0 N–H and O–H groups in total. The number of hydrogen-bond acceptors (Lipinski definition) is 1. The quantitative estimate of drug-likeness (QED) is 0.627. The van der Waals surface area contributed by atoms with Crippen molar-refractivity contribution in [3.05, 3.63) is 30.5 Å². The number of fused-ring (bicyclic) bond motifs is 1. The maximum atomic E-state index is 4.26. The van der Waals surface area contributed by atoms with Gasteiger partial charge >= 0.3 is 0 Å². The molecule has 0 aliphatic heterocycles. The molecule has 0 saturated carbocycles. The highest BCUT2D eigenvalue weighted by molar-refractivity contribution is 7.80. The average molecular weight is 223 g/mol. The number of rotatable bonds is 0. The molecule has 0 unspecified atom stereocenters. The van der Waals surface area contributed by atoms with Gasteiger partial charge in [0.1, 0.15) is 0 Å². The first-order valence-corrected chi connectivity index (χ1v) is 5.96. The molecule has 15 heavy (non-hydrogen) atoms. The van der Waals surface area contributed by atoms with Crippen LogP contribution in [-0.4, -0.2) is 4.57 Å². The Bertz CT molecular complexity index is 390. The topological polar surface area (TPSA) is 4.93 Å². The van der Waals surface area contributed by atoms with Gasteiger partial charge in [-0.05, 0) is 24.3 Å². The van der Waals surface area contributed by atoms with Gasteiger partial charge in [0.25, 0.3) is 0 Å². The van der Waals surface area contributed by atoms with Gasteiger partial charge < -0.3 is 4.57 Å². The fraction of sp³-hybridized carbons (Fsp3) is 0.385. The van der Waals surface area contributed by atoms with Crippen LogP contribution in [0.25, 0.3) is 10.9 Å². The van der Waals surface area contributed by atoms with E-state index < -0.39 is 0 Å². The van der Waals surface area contributed by atoms with Crippen LogP contribution >= 0.6 is 12.6 Å². The average Bonchev–Trinajstić information content (AvgIpc) is 2.65. The summed E-state index contributed by atoms with van der Waals surface area (Å²) < 4.78 is 2.10. The zero-order chi connectivity index (χ0) is 11.8. The normalized spacial score (nSPS) is 8.67. The summed E-state index contributed by atoms with van der Waals surface area (Å²) in [4.78, 5) is 1.02. The van der Waals surface area contributed by atoms with E-state index in [-0.39, 0.29) is 0 Å². The number of nitrogens with zero attached hydrogens (tertiary/aromatic N) is 1. The highest BCUT2D eigenvalue weighted by Crippen LogP contribution is 2.18. The predicted molar refractivity (Wildman–Crippen MR) is 72.9 cm³/mol. The van der Waals surface area contributed by atoms with E-state index in [0.29, 0.717) is 0 Å². The lowest BCUT2D eigenvalue weighted by Gasteiger charge is -1.95. The molecular weight excluding hydrogens is 202 g/mol. The fourth-order valence-electron chi connectivity index (χ4n) is 1.27. The van der Waals surface area contributed by atoms with Gasteiger partial charge in [0.15, 0.2) is 0 Å². The third-order valence-electron chi connectivity index (χ3n) is 1.87. The molecule has 84 valence electrons. The van der Waals surface area contributed by atoms with Gasteiger partial charge in [-0.15, -0.1) is 12.6 Å². The van der Waals surface area contributed by atoms with Crippen molar-refractivity contribution in [3.8, 4) is 0 Å². The van der Waals surface area contributed by atoms with Crippen LogP contribution in [0.5, 0.6) is 0 Å². The Labute approximate surface area is 98.5 Å². The summed E-state index contributed by atoms with van der Waals surface area (Å²) in [5.74, 6) is 0. The second-order valence-corrected chi connectivity index (χ2v) is 3.19. The summed E-state index contributed by atoms with van der Waals surface area (Å²) in [6.07, 6.45) is 2.05. The summed E-state index contributed by atoms with van der Waals surface area (Å²) in [6.45, 7) is 8.00. The summed E-state index contributed by atoms with van der Waals surface area (Å²) in [5.41, 5.74) is 1.25. The Kier molecular flexibility index (Phi) is 6.97. The highest BCUT2D eigenvalue weighted by Gasteiger charge is 1.95. The van der Waals surface area contributed by atoms with Crippen LogP contribution in [-0.2, 0) is 7.05 Å². The summed E-state index contributed by atoms with van der Waals surface area (Å²) in [7, 11) is 2.04. The minimum absolute atomic E-state index is 1.02. The number of benzene rings is 1. The van der Waals surface area contributed by atoms with Crippen molar-refractivity contribution < 1.29 is 0 Å². The number of aromatic nitrogens is 1. The van der Waals surface area contributed by atoms with E-state index >= 15 is 0 Å². The van der Waals surface area contributed by atoms with Crippen molar-refractivity contribution in [3.63, 3.8) is 0 Å². The van der Waals surface area contributed by atoms with Crippen LogP contribution in [0.4, 0.5) is 0 Å². The van der Waals surface area contributed by atoms with Crippen molar-refractivity contribution in [1.29, 1.82) is 0 Å². The van der Waals surface area contributed by atoms with E-state index in [4.69, 9.17) is 0 Å². The molecule has 0 amide bonds. The van der Waals surface area contributed by atoms with Crippen LogP contribution in [0, 0.1) is 0 Å². The molecule has 0 spiro atoms. The molecule has 0 radical (unpaired) electrons. The zero-order valence-electron chi connectivity index (χ0n) is 10.3. The molecule has 2 aromatic rings. The Morgan fingerprint density at radius 2 is 1.60 bits per heavy atom. The second kappa shape index (κ2) is 7.41. The molecule has 0 aliphatic rings. The van der Waals surface area contributed by atoms with Crippen LogP contribution in [0.2, 0.25) is 0 Å². The molecule has 1 aromatic heterocycles. The summed E-state index contributed by atoms with van der Waals surface area (Å²) >= 11 is 4.26. The van der Waals surface area contributed by atoms with Gasteiger partial charge in [-0.25, -0.2) is 0 Å². The van der Waals surface area contributed by atoms with Gasteiger partial charge in [-0.3, -0.25) is 0 Å². The molecule has 0 bridgehead atoms. The van der Waals surface area contributed by atoms with Crippen molar-refractivity contribution in [2.45, 2.75) is 32.6 Å². The molecule has 0 aliphatic carbocycles. The Balaban J connectivity index is 0.000000442. The van der Waals surface area contributed by atoms with E-state index in [1.807, 2.05) is 40.8 Å². The van der Waals surface area contributed by atoms with E-state index in [2.05, 4.69) is 41.6 Å². The van der Waals surface area contributed by atoms with Crippen molar-refractivity contribution >= 4 is 23.5 Å². The minimum atomic E-state index is 1.02. The first-order valence-electron chi connectivity index (χ1n) is 5.51. The van der Waals surface area contributed by atoms with Gasteiger partial charge in [0, 0.05) is 29.0 Å². The molecule has 0 saturated heterocycles. The van der Waals surface area contributed by atoms with Gasteiger partial charge in [-0.1, -0.05) is 27.7 Å². The maximum Gasteiger partial charge on any atom is 0.0478 e. The lowest BCUT2D eigenvalue weighted by molar-refractivity contribution is 0.969. The standard InChI is InChI=1S/C9H9NS.2C2H6/c1-10-5-4-7-6-8(11)2-3-9(7)10;2*1-2/h2-6,11H,1H3;2*1-2H3. The molecule has 0 fully saturated rings. The lowest BCUT2D eigenvalue weighted by Crippen LogP contribution is -1.82. The number of thiol groups is 1. The van der Waals surface area contributed by atoms with Gasteiger partial charge in [0.2, 0.25) is 0 Å². The molecule has 1 nitrogen and oxygen atoms in total. The van der Waals surface area contributed by atoms with Crippen molar-refractivity contribution in [2.24, 2.45) is 7.05 Å². The molecule has 0 atom stereocenters. The molecular formula is C13H21NS. The lowest BCUT2D eigenvalue weighted by atomic mass is 10.2. The third kappa shape index (κ3) is 3.63. The van der Waals surface area contributed by atoms with Gasteiger partial charge in [0.05, 0.1) is 0 Å². The Hall–Kier alpha value is -0.890. The minimum Gasteiger partial charge on any atom is -0.351 e. The fourth-order valence-corrected chi connectivity index (χ4v) is 1.48. The molecule has 2 heteroatoms. The first-order chi connectivity index (χ1) is 7.27. The number of hydrogen-bond donors (Lipinski definition) is 1. The Morgan fingerprint density at radius 1 is 1.00 bits per heavy atom. The van der Waals surface area contributed by atoms with Crippen LogP contribution in [0.15, 0.2) is 35.4 Å². The molecule has 1 heterocycles. The maximum absolute atomic E-state index is 4.26. The van der Waals surface area contributed by atoms with E-state index in [9.17, 15) is 0 Å². The predicted octanol–water partition coefficient (Wildman–Crippen LogP) is 4.52. The second-order valence-electron chi connectivity index (χ2n) is 2.67. The van der Waals surface area contributed by atoms with Crippen LogP contribution in [0.3, 0.4) is 0 Å². The van der Waals surface area contributed by atoms with Crippen molar-refractivity contribution in [2.75, 3.05) is 0 Å². The monoisotopic (exact) mass is 223 g/mol. The molecule has 2 rings (SSSR count). The zero-order valence-corrected chi connectivity index (χ0v) is 11.2. The smallest absolute Gasteiger partial charge is 0.0478 e. The van der Waals surface area contributed by atoms with Crippen molar-refractivity contribution in [1.82, 2.24) is 4.57 Å². The highest BCUT2D eigenvalue weighted by atomic mass is 32.1. The van der Waals surface area contributed by atoms with E-state index in [1.165, 1.54) is 10.9 Å². The first kappa shape index (κ1) is 14.1. The van der Waals surface area contributed by atoms with Crippen LogP contribution < -0.4 is 0 Å². The van der Waals surface area contributed by atoms with E-state index in [1.54, 1.807) is 0 Å². The summed E-state index contributed by atoms with van der Waals surface area (Å²) in [6, 6.07) is 8.25.